The maximum Gasteiger partial charge on any atom is 0.292 e. The normalized spacial score (nSPS) is 18.7. The summed E-state index contributed by atoms with van der Waals surface area (Å²) in [5.74, 6) is 0.882. The number of nitrogens with two attached hydrogens (primary N) is 1. The summed E-state index contributed by atoms with van der Waals surface area (Å²) in [5.41, 5.74) is 10.6. The van der Waals surface area contributed by atoms with Gasteiger partial charge in [-0.25, -0.2) is 9.97 Å². The summed E-state index contributed by atoms with van der Waals surface area (Å²) in [7, 11) is 0. The average molecular weight is 376 g/mol. The van der Waals surface area contributed by atoms with Gasteiger partial charge < -0.3 is 15.5 Å². The molecule has 4 rings (SSSR count). The number of carbonyl (C=O) groups is 1. The van der Waals surface area contributed by atoms with Gasteiger partial charge in [0.25, 0.3) is 5.91 Å². The second-order valence-electron chi connectivity index (χ2n) is 7.61. The highest BCUT2D eigenvalue weighted by atomic mass is 16.2. The summed E-state index contributed by atoms with van der Waals surface area (Å²) in [5, 5.41) is 9.29. The van der Waals surface area contributed by atoms with Crippen molar-refractivity contribution in [3.05, 3.63) is 52.0 Å². The number of nitrogens with zero attached hydrogens (tertiary/aromatic N) is 5. The Labute approximate surface area is 164 Å². The van der Waals surface area contributed by atoms with Crippen LogP contribution >= 0.6 is 0 Å². The first-order valence-corrected chi connectivity index (χ1v) is 9.64. The number of rotatable bonds is 2. The smallest absolute Gasteiger partial charge is 0.292 e. The van der Waals surface area contributed by atoms with Crippen molar-refractivity contribution in [3.63, 3.8) is 0 Å². The van der Waals surface area contributed by atoms with Crippen LogP contribution in [0.1, 0.15) is 45.0 Å². The van der Waals surface area contributed by atoms with Crippen molar-refractivity contribution in [3.8, 4) is 6.07 Å². The Kier molecular flexibility index (Phi) is 4.73. The zero-order valence-corrected chi connectivity index (χ0v) is 16.3. The number of amides is 1. The van der Waals surface area contributed by atoms with Crippen molar-refractivity contribution in [1.82, 2.24) is 14.9 Å². The predicted octanol–water partition coefficient (Wildman–Crippen LogP) is 1.70. The minimum absolute atomic E-state index is 0.141. The zero-order valence-electron chi connectivity index (χ0n) is 16.3. The molecule has 7 heteroatoms. The number of aromatic nitrogens is 2. The van der Waals surface area contributed by atoms with Crippen LogP contribution in [0.2, 0.25) is 0 Å². The number of benzene rings is 1. The Bertz CT molecular complexity index is 980. The minimum Gasteiger partial charge on any atom is -0.355 e. The third kappa shape index (κ3) is 3.20. The monoisotopic (exact) mass is 376 g/mol. The van der Waals surface area contributed by atoms with E-state index in [0.29, 0.717) is 25.1 Å². The quantitative estimate of drug-likeness (QED) is 0.856. The largest absolute Gasteiger partial charge is 0.355 e. The molecule has 3 heterocycles. The Morgan fingerprint density at radius 1 is 1.29 bits per heavy atom. The molecule has 0 spiro atoms. The van der Waals surface area contributed by atoms with Gasteiger partial charge in [0.05, 0.1) is 11.6 Å². The molecule has 1 amide bonds. The van der Waals surface area contributed by atoms with Gasteiger partial charge in [0.15, 0.2) is 0 Å². The fraction of sp³-hybridized carbons (Fsp3) is 0.429. The molecule has 1 saturated heterocycles. The summed E-state index contributed by atoms with van der Waals surface area (Å²) in [4.78, 5) is 26.2. The van der Waals surface area contributed by atoms with E-state index in [2.05, 4.69) is 20.9 Å². The van der Waals surface area contributed by atoms with Crippen molar-refractivity contribution >= 4 is 11.7 Å². The van der Waals surface area contributed by atoms with Crippen LogP contribution in [-0.2, 0) is 13.0 Å². The molecule has 0 bridgehead atoms. The van der Waals surface area contributed by atoms with E-state index >= 15 is 0 Å². The summed E-state index contributed by atoms with van der Waals surface area (Å²) < 4.78 is 0. The lowest BCUT2D eigenvalue weighted by molar-refractivity contribution is 0.0722. The van der Waals surface area contributed by atoms with E-state index in [0.717, 1.165) is 47.7 Å². The number of nitriles is 1. The molecule has 7 nitrogen and oxygen atoms in total. The molecule has 0 saturated carbocycles. The van der Waals surface area contributed by atoms with E-state index in [1.54, 1.807) is 4.90 Å². The number of hydrogen-bond donors (Lipinski definition) is 1. The van der Waals surface area contributed by atoms with Gasteiger partial charge in [0.2, 0.25) is 5.82 Å². The van der Waals surface area contributed by atoms with Crippen LogP contribution in [0.25, 0.3) is 0 Å². The number of aryl methyl sites for hydroxylation is 1. The van der Waals surface area contributed by atoms with E-state index in [9.17, 15) is 10.1 Å². The van der Waals surface area contributed by atoms with Gasteiger partial charge in [0.1, 0.15) is 5.82 Å². The Hall–Kier alpha value is -2.98. The molecule has 0 radical (unpaired) electrons. The standard InChI is InChI=1S/C21H24N6O/c1-13-14(2)24-19(25-20(13)26-8-6-17(23)12-26)21(28)27-9-7-18-15(10-22)4-3-5-16(18)11-27/h3-5,17H,6-9,11-12,23H2,1-2H3/t17-/m1/s1. The van der Waals surface area contributed by atoms with E-state index in [4.69, 9.17) is 5.73 Å². The molecule has 1 aromatic heterocycles. The molecule has 2 N–H and O–H groups in total. The molecule has 2 aromatic rings. The maximum atomic E-state index is 13.2. The van der Waals surface area contributed by atoms with Gasteiger partial charge in [-0.1, -0.05) is 12.1 Å². The van der Waals surface area contributed by atoms with Gasteiger partial charge >= 0.3 is 0 Å². The van der Waals surface area contributed by atoms with E-state index in [-0.39, 0.29) is 17.8 Å². The van der Waals surface area contributed by atoms with Gasteiger partial charge in [-0.3, -0.25) is 4.79 Å². The van der Waals surface area contributed by atoms with Gasteiger partial charge in [-0.15, -0.1) is 0 Å². The first-order valence-electron chi connectivity index (χ1n) is 9.64. The zero-order chi connectivity index (χ0) is 19.8. The van der Waals surface area contributed by atoms with Crippen LogP contribution in [0.4, 0.5) is 5.82 Å². The summed E-state index contributed by atoms with van der Waals surface area (Å²) in [6.45, 7) is 6.54. The van der Waals surface area contributed by atoms with Crippen LogP contribution < -0.4 is 10.6 Å². The Balaban J connectivity index is 1.62. The molecule has 28 heavy (non-hydrogen) atoms. The number of fused-ring (bicyclic) bond motifs is 1. The third-order valence-electron chi connectivity index (χ3n) is 5.75. The highest BCUT2D eigenvalue weighted by Crippen LogP contribution is 2.26. The third-order valence-corrected chi connectivity index (χ3v) is 5.75. The van der Waals surface area contributed by atoms with Crippen molar-refractivity contribution in [2.45, 2.75) is 39.3 Å². The van der Waals surface area contributed by atoms with Crippen molar-refractivity contribution < 1.29 is 4.79 Å². The molecular weight excluding hydrogens is 352 g/mol. The van der Waals surface area contributed by atoms with Gasteiger partial charge in [-0.05, 0) is 43.9 Å². The molecular formula is C21H24N6O. The summed E-state index contributed by atoms with van der Waals surface area (Å²) in [6, 6.07) is 8.06. The van der Waals surface area contributed by atoms with Gasteiger partial charge in [0, 0.05) is 43.5 Å². The fourth-order valence-electron chi connectivity index (χ4n) is 4.03. The topological polar surface area (TPSA) is 99.1 Å². The molecule has 1 fully saturated rings. The predicted molar refractivity (Wildman–Crippen MR) is 106 cm³/mol. The van der Waals surface area contributed by atoms with Crippen LogP contribution in [0.15, 0.2) is 18.2 Å². The molecule has 1 aromatic carbocycles. The second-order valence-corrected chi connectivity index (χ2v) is 7.61. The molecule has 0 aliphatic carbocycles. The molecule has 144 valence electrons. The van der Waals surface area contributed by atoms with E-state index < -0.39 is 0 Å². The fourth-order valence-corrected chi connectivity index (χ4v) is 4.03. The summed E-state index contributed by atoms with van der Waals surface area (Å²) in [6.07, 6.45) is 1.60. The van der Waals surface area contributed by atoms with Crippen LogP contribution in [0.5, 0.6) is 0 Å². The first kappa shape index (κ1) is 18.4. The Morgan fingerprint density at radius 2 is 2.11 bits per heavy atom. The number of hydrogen-bond acceptors (Lipinski definition) is 6. The summed E-state index contributed by atoms with van der Waals surface area (Å²) >= 11 is 0. The Morgan fingerprint density at radius 3 is 2.82 bits per heavy atom. The lowest BCUT2D eigenvalue weighted by Crippen LogP contribution is -2.37. The minimum atomic E-state index is -0.166. The average Bonchev–Trinajstić information content (AvgIpc) is 3.14. The highest BCUT2D eigenvalue weighted by Gasteiger charge is 2.28. The number of anilines is 1. The number of carbonyl (C=O) groups excluding carboxylic acids is 1. The molecule has 2 aliphatic heterocycles. The highest BCUT2D eigenvalue weighted by molar-refractivity contribution is 5.91. The lowest BCUT2D eigenvalue weighted by Gasteiger charge is -2.29. The second kappa shape index (κ2) is 7.21. The maximum absolute atomic E-state index is 13.2. The van der Waals surface area contributed by atoms with Crippen LogP contribution in [0, 0.1) is 25.2 Å². The first-order chi connectivity index (χ1) is 13.5. The molecule has 2 aliphatic rings. The van der Waals surface area contributed by atoms with Crippen molar-refractivity contribution in [1.29, 1.82) is 5.26 Å². The van der Waals surface area contributed by atoms with E-state index in [1.165, 1.54) is 0 Å². The van der Waals surface area contributed by atoms with Gasteiger partial charge in [-0.2, -0.15) is 5.26 Å². The SMILES string of the molecule is Cc1nc(C(=O)N2CCc3c(C#N)cccc3C2)nc(N2CC[C@@H](N)C2)c1C. The van der Waals surface area contributed by atoms with Crippen molar-refractivity contribution in [2.75, 3.05) is 24.5 Å². The van der Waals surface area contributed by atoms with Crippen LogP contribution in [0.3, 0.4) is 0 Å². The van der Waals surface area contributed by atoms with Crippen molar-refractivity contribution in [2.24, 2.45) is 5.73 Å². The molecule has 0 unspecified atom stereocenters. The molecule has 1 atom stereocenters. The van der Waals surface area contributed by atoms with Crippen LogP contribution in [-0.4, -0.2) is 46.5 Å². The van der Waals surface area contributed by atoms with E-state index in [1.807, 2.05) is 32.0 Å². The lowest BCUT2D eigenvalue weighted by atomic mass is 9.95.